The summed E-state index contributed by atoms with van der Waals surface area (Å²) in [4.78, 5) is 20.4. The minimum absolute atomic E-state index is 0.0438. The third-order valence-corrected chi connectivity index (χ3v) is 7.10. The van der Waals surface area contributed by atoms with E-state index in [1.807, 2.05) is 24.3 Å². The predicted molar refractivity (Wildman–Crippen MR) is 131 cm³/mol. The highest BCUT2D eigenvalue weighted by atomic mass is 32.1. The molecular formula is C26H32N2O3S. The number of fused-ring (bicyclic) bond motifs is 1. The number of rotatable bonds is 9. The van der Waals surface area contributed by atoms with Crippen LogP contribution < -0.4 is 9.64 Å². The van der Waals surface area contributed by atoms with Gasteiger partial charge in [0, 0.05) is 12.2 Å². The summed E-state index contributed by atoms with van der Waals surface area (Å²) in [6.45, 7) is 8.29. The first-order valence-electron chi connectivity index (χ1n) is 11.6. The van der Waals surface area contributed by atoms with Crippen molar-refractivity contribution in [2.24, 2.45) is 0 Å². The highest BCUT2D eigenvalue weighted by molar-refractivity contribution is 7.22. The van der Waals surface area contributed by atoms with E-state index < -0.39 is 0 Å². The van der Waals surface area contributed by atoms with E-state index in [2.05, 4.69) is 32.9 Å². The summed E-state index contributed by atoms with van der Waals surface area (Å²) in [5, 5.41) is 0.725. The van der Waals surface area contributed by atoms with E-state index in [1.165, 1.54) is 5.56 Å². The van der Waals surface area contributed by atoms with Gasteiger partial charge in [-0.3, -0.25) is 9.69 Å². The first kappa shape index (κ1) is 22.7. The summed E-state index contributed by atoms with van der Waals surface area (Å²) in [6.07, 6.45) is 5.36. The molecule has 4 rings (SSSR count). The Morgan fingerprint density at radius 3 is 2.91 bits per heavy atom. The van der Waals surface area contributed by atoms with Crippen LogP contribution in [0, 0.1) is 13.8 Å². The molecule has 1 aliphatic heterocycles. The van der Waals surface area contributed by atoms with Crippen LogP contribution in [0.2, 0.25) is 0 Å². The number of hydrogen-bond donors (Lipinski definition) is 0. The molecule has 1 aliphatic rings. The molecule has 1 amide bonds. The second kappa shape index (κ2) is 10.5. The number of ether oxygens (including phenoxy) is 2. The second-order valence-corrected chi connectivity index (χ2v) is 9.49. The van der Waals surface area contributed by atoms with E-state index in [9.17, 15) is 4.79 Å². The van der Waals surface area contributed by atoms with Crippen molar-refractivity contribution in [3.05, 3.63) is 53.1 Å². The summed E-state index contributed by atoms with van der Waals surface area (Å²) >= 11 is 1.57. The molecule has 3 aromatic rings. The van der Waals surface area contributed by atoms with Crippen LogP contribution in [0.25, 0.3) is 10.2 Å². The van der Waals surface area contributed by atoms with Crippen molar-refractivity contribution in [3.63, 3.8) is 0 Å². The van der Waals surface area contributed by atoms with E-state index >= 15 is 0 Å². The van der Waals surface area contributed by atoms with Gasteiger partial charge in [0.1, 0.15) is 5.75 Å². The Morgan fingerprint density at radius 2 is 2.12 bits per heavy atom. The zero-order chi connectivity index (χ0) is 22.5. The van der Waals surface area contributed by atoms with Crippen LogP contribution in [0.3, 0.4) is 0 Å². The van der Waals surface area contributed by atoms with E-state index in [-0.39, 0.29) is 12.0 Å². The molecule has 0 saturated carbocycles. The number of anilines is 1. The van der Waals surface area contributed by atoms with E-state index in [0.29, 0.717) is 18.7 Å². The number of carbonyl (C=O) groups excluding carboxylic acids is 1. The molecular weight excluding hydrogens is 420 g/mol. The van der Waals surface area contributed by atoms with E-state index in [4.69, 9.17) is 14.5 Å². The SMILES string of the molecule is CCCCCOc1cccc(C(=O)N(CC2CCCO2)c2nc3c(C)c(C)ccc3s2)c1. The van der Waals surface area contributed by atoms with Gasteiger partial charge in [0.2, 0.25) is 0 Å². The van der Waals surface area contributed by atoms with Gasteiger partial charge in [-0.2, -0.15) is 0 Å². The molecule has 170 valence electrons. The Kier molecular flexibility index (Phi) is 7.43. The zero-order valence-electron chi connectivity index (χ0n) is 19.2. The highest BCUT2D eigenvalue weighted by Crippen LogP contribution is 2.33. The van der Waals surface area contributed by atoms with Gasteiger partial charge in [-0.25, -0.2) is 4.98 Å². The smallest absolute Gasteiger partial charge is 0.260 e. The van der Waals surface area contributed by atoms with Gasteiger partial charge in [-0.05, 0) is 68.5 Å². The molecule has 1 atom stereocenters. The minimum Gasteiger partial charge on any atom is -0.494 e. The van der Waals surface area contributed by atoms with Gasteiger partial charge in [0.25, 0.3) is 5.91 Å². The molecule has 0 radical (unpaired) electrons. The standard InChI is InChI=1S/C26H32N2O3S/c1-4-5-6-14-30-21-10-7-9-20(16-21)25(29)28(17-22-11-8-15-31-22)26-27-24-19(3)18(2)12-13-23(24)32-26/h7,9-10,12-13,16,22H,4-6,8,11,14-15,17H2,1-3H3. The van der Waals surface area contributed by atoms with Gasteiger partial charge >= 0.3 is 0 Å². The molecule has 2 aromatic carbocycles. The molecule has 0 bridgehead atoms. The molecule has 0 N–H and O–H groups in total. The van der Waals surface area contributed by atoms with Gasteiger partial charge in [-0.15, -0.1) is 0 Å². The number of aromatic nitrogens is 1. The molecule has 0 aliphatic carbocycles. The predicted octanol–water partition coefficient (Wildman–Crippen LogP) is 6.31. The fourth-order valence-electron chi connectivity index (χ4n) is 3.99. The Hall–Kier alpha value is -2.44. The summed E-state index contributed by atoms with van der Waals surface area (Å²) in [5.74, 6) is 0.674. The second-order valence-electron chi connectivity index (χ2n) is 8.48. The van der Waals surface area contributed by atoms with Crippen LogP contribution in [-0.4, -0.2) is 36.8 Å². The normalized spacial score (nSPS) is 15.9. The van der Waals surface area contributed by atoms with Crippen molar-refractivity contribution >= 4 is 32.6 Å². The van der Waals surface area contributed by atoms with E-state index in [1.54, 1.807) is 16.2 Å². The van der Waals surface area contributed by atoms with Crippen LogP contribution >= 0.6 is 11.3 Å². The lowest BCUT2D eigenvalue weighted by Crippen LogP contribution is -2.37. The average Bonchev–Trinajstić information content (AvgIpc) is 3.47. The Morgan fingerprint density at radius 1 is 1.25 bits per heavy atom. The Balaban J connectivity index is 1.62. The zero-order valence-corrected chi connectivity index (χ0v) is 20.0. The van der Waals surface area contributed by atoms with Crippen molar-refractivity contribution in [2.45, 2.75) is 59.0 Å². The average molecular weight is 453 g/mol. The first-order valence-corrected chi connectivity index (χ1v) is 12.4. The number of amides is 1. The van der Waals surface area contributed by atoms with Crippen molar-refractivity contribution in [1.82, 2.24) is 4.98 Å². The largest absolute Gasteiger partial charge is 0.494 e. The molecule has 2 heterocycles. The molecule has 6 heteroatoms. The Labute approximate surface area is 194 Å². The number of carbonyl (C=O) groups is 1. The third kappa shape index (κ3) is 5.13. The molecule has 1 saturated heterocycles. The number of aryl methyl sites for hydroxylation is 2. The monoisotopic (exact) mass is 452 g/mol. The lowest BCUT2D eigenvalue weighted by Gasteiger charge is -2.23. The number of thiazole rings is 1. The fourth-order valence-corrected chi connectivity index (χ4v) is 5.02. The number of benzene rings is 2. The number of unbranched alkanes of at least 4 members (excludes halogenated alkanes) is 2. The topological polar surface area (TPSA) is 51.7 Å². The first-order chi connectivity index (χ1) is 15.6. The third-order valence-electron chi connectivity index (χ3n) is 6.06. The van der Waals surface area contributed by atoms with Gasteiger partial charge < -0.3 is 9.47 Å². The van der Waals surface area contributed by atoms with Crippen molar-refractivity contribution in [1.29, 1.82) is 0 Å². The maximum Gasteiger partial charge on any atom is 0.260 e. The van der Waals surface area contributed by atoms with Crippen LogP contribution in [-0.2, 0) is 4.74 Å². The van der Waals surface area contributed by atoms with Gasteiger partial charge in [0.15, 0.2) is 5.13 Å². The number of hydrogen-bond acceptors (Lipinski definition) is 5. The molecule has 1 fully saturated rings. The molecule has 0 spiro atoms. The van der Waals surface area contributed by atoms with Crippen molar-refractivity contribution in [2.75, 3.05) is 24.7 Å². The lowest BCUT2D eigenvalue weighted by molar-refractivity contribution is 0.0917. The summed E-state index contributed by atoms with van der Waals surface area (Å²) in [6, 6.07) is 11.7. The molecule has 5 nitrogen and oxygen atoms in total. The van der Waals surface area contributed by atoms with E-state index in [0.717, 1.165) is 65.4 Å². The van der Waals surface area contributed by atoms with Crippen molar-refractivity contribution in [3.8, 4) is 5.75 Å². The fraction of sp³-hybridized carbons (Fsp3) is 0.462. The van der Waals surface area contributed by atoms with Gasteiger partial charge in [0.05, 0.1) is 29.5 Å². The quantitative estimate of drug-likeness (QED) is 0.357. The van der Waals surface area contributed by atoms with Crippen LogP contribution in [0.1, 0.15) is 60.5 Å². The van der Waals surface area contributed by atoms with Crippen LogP contribution in [0.15, 0.2) is 36.4 Å². The summed E-state index contributed by atoms with van der Waals surface area (Å²) in [5.41, 5.74) is 3.96. The molecule has 32 heavy (non-hydrogen) atoms. The van der Waals surface area contributed by atoms with Crippen LogP contribution in [0.5, 0.6) is 5.75 Å². The van der Waals surface area contributed by atoms with Gasteiger partial charge in [-0.1, -0.05) is 43.2 Å². The molecule has 1 unspecified atom stereocenters. The molecule has 1 aromatic heterocycles. The number of nitrogens with zero attached hydrogens (tertiary/aromatic N) is 2. The Bertz CT molecular complexity index is 1070. The maximum atomic E-state index is 13.7. The summed E-state index contributed by atoms with van der Waals surface area (Å²) in [7, 11) is 0. The highest BCUT2D eigenvalue weighted by Gasteiger charge is 2.27. The van der Waals surface area contributed by atoms with Crippen LogP contribution in [0.4, 0.5) is 5.13 Å². The maximum absolute atomic E-state index is 13.7. The minimum atomic E-state index is -0.0621. The van der Waals surface area contributed by atoms with Crippen molar-refractivity contribution < 1.29 is 14.3 Å². The lowest BCUT2D eigenvalue weighted by atomic mass is 10.1. The summed E-state index contributed by atoms with van der Waals surface area (Å²) < 4.78 is 12.9.